The maximum Gasteiger partial charge on any atom is 0.119 e. The van der Waals surface area contributed by atoms with Gasteiger partial charge in [0, 0.05) is 5.41 Å². The lowest BCUT2D eigenvalue weighted by Gasteiger charge is -2.26. The van der Waals surface area contributed by atoms with Crippen molar-refractivity contribution in [2.24, 2.45) is 0 Å². The summed E-state index contributed by atoms with van der Waals surface area (Å²) in [5.41, 5.74) is 3.74. The molecule has 3 nitrogen and oxygen atoms in total. The number of ether oxygens (including phenoxy) is 1. The molecule has 2 aromatic carbocycles. The Morgan fingerprint density at radius 1 is 0.957 bits per heavy atom. The fourth-order valence-corrected chi connectivity index (χ4v) is 2.54. The second-order valence-corrected chi connectivity index (χ2v) is 6.35. The van der Waals surface area contributed by atoms with Crippen LogP contribution in [0.3, 0.4) is 0 Å². The smallest absolute Gasteiger partial charge is 0.119 e. The van der Waals surface area contributed by atoms with Gasteiger partial charge in [0.1, 0.15) is 18.5 Å². The summed E-state index contributed by atoms with van der Waals surface area (Å²) in [6.45, 7) is 6.38. The largest absolute Gasteiger partial charge is 0.491 e. The Morgan fingerprint density at radius 2 is 1.48 bits per heavy atom. The summed E-state index contributed by atoms with van der Waals surface area (Å²) in [6, 6.07) is 16.7. The molecule has 2 rings (SSSR count). The van der Waals surface area contributed by atoms with Crippen LogP contribution in [0.2, 0.25) is 0 Å². The van der Waals surface area contributed by atoms with E-state index in [4.69, 9.17) is 9.84 Å². The Bertz CT molecular complexity index is 600. The van der Waals surface area contributed by atoms with Crippen LogP contribution in [0.25, 0.3) is 0 Å². The maximum atomic E-state index is 9.32. The zero-order valence-electron chi connectivity index (χ0n) is 14.1. The molecule has 23 heavy (non-hydrogen) atoms. The topological polar surface area (TPSA) is 49.7 Å². The molecule has 124 valence electrons. The van der Waals surface area contributed by atoms with E-state index in [1.165, 1.54) is 16.7 Å². The number of benzene rings is 2. The lowest BCUT2D eigenvalue weighted by molar-refractivity contribution is 0.0536. The van der Waals surface area contributed by atoms with Crippen molar-refractivity contribution in [1.82, 2.24) is 0 Å². The van der Waals surface area contributed by atoms with E-state index in [-0.39, 0.29) is 18.6 Å². The van der Waals surface area contributed by atoms with Crippen LogP contribution >= 0.6 is 0 Å². The highest BCUT2D eigenvalue weighted by Gasteiger charge is 2.22. The van der Waals surface area contributed by atoms with Gasteiger partial charge in [0.15, 0.2) is 0 Å². The van der Waals surface area contributed by atoms with Crippen molar-refractivity contribution in [3.63, 3.8) is 0 Å². The third-order valence-corrected chi connectivity index (χ3v) is 4.31. The highest BCUT2D eigenvalue weighted by molar-refractivity contribution is 5.40. The molecular weight excluding hydrogens is 288 g/mol. The van der Waals surface area contributed by atoms with Gasteiger partial charge in [-0.2, -0.15) is 0 Å². The number of aliphatic hydroxyl groups excluding tert-OH is 2. The summed E-state index contributed by atoms with van der Waals surface area (Å²) in [5, 5.41) is 18.1. The molecule has 0 heterocycles. The summed E-state index contributed by atoms with van der Waals surface area (Å²) in [4.78, 5) is 0. The third-order valence-electron chi connectivity index (χ3n) is 4.31. The van der Waals surface area contributed by atoms with E-state index < -0.39 is 6.10 Å². The predicted molar refractivity (Wildman–Crippen MR) is 93.0 cm³/mol. The molecule has 1 unspecified atom stereocenters. The van der Waals surface area contributed by atoms with Crippen molar-refractivity contribution in [3.05, 3.63) is 65.2 Å². The van der Waals surface area contributed by atoms with Gasteiger partial charge in [0.05, 0.1) is 6.61 Å². The van der Waals surface area contributed by atoms with Gasteiger partial charge in [0.25, 0.3) is 0 Å². The molecule has 0 spiro atoms. The van der Waals surface area contributed by atoms with Gasteiger partial charge in [-0.3, -0.25) is 0 Å². The standard InChI is InChI=1S/C20H26O3/c1-4-15-5-7-16(8-6-15)20(2,3)17-9-11-19(12-10-17)23-14-18(22)13-21/h5-12,18,21-22H,4,13-14H2,1-3H3. The first kappa shape index (κ1) is 17.5. The molecule has 0 saturated heterocycles. The van der Waals surface area contributed by atoms with Gasteiger partial charge >= 0.3 is 0 Å². The quantitative estimate of drug-likeness (QED) is 0.824. The third kappa shape index (κ3) is 4.34. The Labute approximate surface area is 138 Å². The van der Waals surface area contributed by atoms with Crippen LogP contribution in [-0.4, -0.2) is 29.5 Å². The molecule has 1 atom stereocenters. The first-order chi connectivity index (χ1) is 11.0. The predicted octanol–water partition coefficient (Wildman–Crippen LogP) is 3.31. The van der Waals surface area contributed by atoms with Crippen LogP contribution in [0.4, 0.5) is 0 Å². The fourth-order valence-electron chi connectivity index (χ4n) is 2.54. The van der Waals surface area contributed by atoms with E-state index in [9.17, 15) is 5.11 Å². The zero-order valence-corrected chi connectivity index (χ0v) is 14.1. The minimum absolute atomic E-state index is 0.0879. The number of aliphatic hydroxyl groups is 2. The Morgan fingerprint density at radius 3 is 1.96 bits per heavy atom. The minimum atomic E-state index is -0.844. The highest BCUT2D eigenvalue weighted by atomic mass is 16.5. The van der Waals surface area contributed by atoms with E-state index in [1.54, 1.807) is 0 Å². The van der Waals surface area contributed by atoms with Crippen molar-refractivity contribution in [1.29, 1.82) is 0 Å². The summed E-state index contributed by atoms with van der Waals surface area (Å²) in [6.07, 6.45) is 0.204. The lowest BCUT2D eigenvalue weighted by atomic mass is 9.78. The average Bonchev–Trinajstić information content (AvgIpc) is 2.60. The van der Waals surface area contributed by atoms with Gasteiger partial charge in [-0.05, 0) is 35.2 Å². The molecule has 0 aliphatic rings. The Kier molecular flexibility index (Phi) is 5.80. The van der Waals surface area contributed by atoms with Gasteiger partial charge < -0.3 is 14.9 Å². The number of aryl methyl sites for hydroxylation is 1. The molecule has 2 aromatic rings. The van der Waals surface area contributed by atoms with Crippen molar-refractivity contribution >= 4 is 0 Å². The monoisotopic (exact) mass is 314 g/mol. The first-order valence-electron chi connectivity index (χ1n) is 8.09. The molecule has 0 aliphatic heterocycles. The van der Waals surface area contributed by atoms with Gasteiger partial charge in [-0.1, -0.05) is 57.2 Å². The molecule has 3 heteroatoms. The van der Waals surface area contributed by atoms with Gasteiger partial charge in [0.2, 0.25) is 0 Å². The summed E-state index contributed by atoms with van der Waals surface area (Å²) in [7, 11) is 0. The van der Waals surface area contributed by atoms with Gasteiger partial charge in [-0.15, -0.1) is 0 Å². The molecule has 0 bridgehead atoms. The normalized spacial score (nSPS) is 12.9. The summed E-state index contributed by atoms with van der Waals surface area (Å²) in [5.74, 6) is 0.693. The molecule has 0 radical (unpaired) electrons. The summed E-state index contributed by atoms with van der Waals surface area (Å²) >= 11 is 0. The van der Waals surface area contributed by atoms with E-state index >= 15 is 0 Å². The molecular formula is C20H26O3. The molecule has 0 aliphatic carbocycles. The van der Waals surface area contributed by atoms with Crippen LogP contribution < -0.4 is 4.74 Å². The van der Waals surface area contributed by atoms with Crippen LogP contribution in [0.15, 0.2) is 48.5 Å². The number of rotatable bonds is 7. The van der Waals surface area contributed by atoms with Crippen LogP contribution in [0.5, 0.6) is 5.75 Å². The van der Waals surface area contributed by atoms with Crippen molar-refractivity contribution < 1.29 is 14.9 Å². The lowest BCUT2D eigenvalue weighted by Crippen LogP contribution is -2.21. The van der Waals surface area contributed by atoms with E-state index in [0.717, 1.165) is 6.42 Å². The number of hydrogen-bond donors (Lipinski definition) is 2. The van der Waals surface area contributed by atoms with E-state index in [2.05, 4.69) is 45.0 Å². The molecule has 0 fully saturated rings. The van der Waals surface area contributed by atoms with Crippen molar-refractivity contribution in [2.45, 2.75) is 38.7 Å². The van der Waals surface area contributed by atoms with Crippen molar-refractivity contribution in [3.8, 4) is 5.75 Å². The second-order valence-electron chi connectivity index (χ2n) is 6.35. The maximum absolute atomic E-state index is 9.32. The van der Waals surface area contributed by atoms with E-state index in [1.807, 2.05) is 24.3 Å². The SMILES string of the molecule is CCc1ccc(C(C)(C)c2ccc(OCC(O)CO)cc2)cc1. The Hall–Kier alpha value is -1.84. The second kappa shape index (κ2) is 7.62. The molecule has 0 amide bonds. The zero-order chi connectivity index (χ0) is 16.9. The van der Waals surface area contributed by atoms with Crippen LogP contribution in [-0.2, 0) is 11.8 Å². The molecule has 0 saturated carbocycles. The Balaban J connectivity index is 2.12. The van der Waals surface area contributed by atoms with Crippen LogP contribution in [0.1, 0.15) is 37.5 Å². The minimum Gasteiger partial charge on any atom is -0.491 e. The average molecular weight is 314 g/mol. The first-order valence-corrected chi connectivity index (χ1v) is 8.09. The van der Waals surface area contributed by atoms with Crippen LogP contribution in [0, 0.1) is 0 Å². The fraction of sp³-hybridized carbons (Fsp3) is 0.400. The molecule has 2 N–H and O–H groups in total. The molecule has 0 aromatic heterocycles. The van der Waals surface area contributed by atoms with Crippen molar-refractivity contribution in [2.75, 3.05) is 13.2 Å². The summed E-state index contributed by atoms with van der Waals surface area (Å²) < 4.78 is 5.45. The van der Waals surface area contributed by atoms with Gasteiger partial charge in [-0.25, -0.2) is 0 Å². The van der Waals surface area contributed by atoms with E-state index in [0.29, 0.717) is 5.75 Å². The number of hydrogen-bond acceptors (Lipinski definition) is 3. The highest BCUT2D eigenvalue weighted by Crippen LogP contribution is 2.32.